The van der Waals surface area contributed by atoms with E-state index >= 15 is 0 Å². The number of esters is 2. The molecule has 0 saturated carbocycles. The molecular weight excluding hydrogens is 328 g/mol. The van der Waals surface area contributed by atoms with Gasteiger partial charge in [-0.2, -0.15) is 0 Å². The predicted molar refractivity (Wildman–Crippen MR) is 102 cm³/mol. The van der Waals surface area contributed by atoms with E-state index in [0.717, 1.165) is 38.5 Å². The molecule has 0 unspecified atom stereocenters. The molecule has 0 fully saturated rings. The zero-order chi connectivity index (χ0) is 19.4. The van der Waals surface area contributed by atoms with Crippen molar-refractivity contribution in [1.82, 2.24) is 0 Å². The quantitative estimate of drug-likeness (QED) is 0.324. The van der Waals surface area contributed by atoms with E-state index in [-0.39, 0.29) is 0 Å². The second kappa shape index (κ2) is 11.8. The molecule has 0 aliphatic heterocycles. The summed E-state index contributed by atoms with van der Waals surface area (Å²) in [7, 11) is 0. The van der Waals surface area contributed by atoms with Crippen molar-refractivity contribution >= 4 is 11.9 Å². The van der Waals surface area contributed by atoms with Crippen molar-refractivity contribution in [3.63, 3.8) is 0 Å². The van der Waals surface area contributed by atoms with Gasteiger partial charge in [-0.1, -0.05) is 50.4 Å². The van der Waals surface area contributed by atoms with Crippen LogP contribution in [0.1, 0.15) is 77.3 Å². The van der Waals surface area contributed by atoms with Crippen LogP contribution in [0.15, 0.2) is 12.1 Å². The summed E-state index contributed by atoms with van der Waals surface area (Å²) in [5.74, 6) is 11.9. The topological polar surface area (TPSA) is 52.6 Å². The molecule has 0 spiro atoms. The minimum Gasteiger partial charge on any atom is -0.425 e. The maximum absolute atomic E-state index is 11.4. The Morgan fingerprint density at radius 3 is 1.50 bits per heavy atom. The first-order valence-corrected chi connectivity index (χ1v) is 9.00. The van der Waals surface area contributed by atoms with Gasteiger partial charge in [0.2, 0.25) is 0 Å². The van der Waals surface area contributed by atoms with Gasteiger partial charge in [0.1, 0.15) is 11.5 Å². The number of rotatable bonds is 6. The zero-order valence-electron chi connectivity index (χ0n) is 16.0. The lowest BCUT2D eigenvalue weighted by molar-refractivity contribution is -0.133. The van der Waals surface area contributed by atoms with Gasteiger partial charge in [0.15, 0.2) is 0 Å². The van der Waals surface area contributed by atoms with E-state index in [1.165, 1.54) is 13.8 Å². The Kier molecular flexibility index (Phi) is 9.65. The van der Waals surface area contributed by atoms with Crippen LogP contribution < -0.4 is 9.47 Å². The number of ether oxygens (including phenoxy) is 2. The highest BCUT2D eigenvalue weighted by Crippen LogP contribution is 2.29. The fourth-order valence-corrected chi connectivity index (χ4v) is 2.08. The normalized spacial score (nSPS) is 9.38. The molecule has 0 aliphatic carbocycles. The van der Waals surface area contributed by atoms with Crippen molar-refractivity contribution in [1.29, 1.82) is 0 Å². The Bertz CT molecular complexity index is 688. The van der Waals surface area contributed by atoms with Crippen molar-refractivity contribution in [2.75, 3.05) is 0 Å². The number of carbonyl (C=O) groups is 2. The van der Waals surface area contributed by atoms with E-state index in [1.54, 1.807) is 12.1 Å². The van der Waals surface area contributed by atoms with Crippen LogP contribution in [0.5, 0.6) is 11.5 Å². The number of unbranched alkanes of at least 4 members (excludes halogenated alkanes) is 4. The zero-order valence-corrected chi connectivity index (χ0v) is 16.0. The lowest BCUT2D eigenvalue weighted by Crippen LogP contribution is -2.07. The minimum atomic E-state index is -0.438. The Labute approximate surface area is 156 Å². The highest BCUT2D eigenvalue weighted by molar-refractivity contribution is 5.74. The lowest BCUT2D eigenvalue weighted by Gasteiger charge is -2.10. The Balaban J connectivity index is 3.32. The molecule has 4 heteroatoms. The first-order chi connectivity index (χ1) is 12.5. The van der Waals surface area contributed by atoms with Gasteiger partial charge in [-0.3, -0.25) is 9.59 Å². The third-order valence-corrected chi connectivity index (χ3v) is 3.35. The number of benzene rings is 1. The highest BCUT2D eigenvalue weighted by Gasteiger charge is 2.13. The standard InChI is InChI=1S/C22H26O4/c1-5-7-9-11-13-19-15-22(26-18(4)24)20(14-12-10-8-6-2)16-21(19)25-17(3)23/h15-16H,5-10H2,1-4H3. The van der Waals surface area contributed by atoms with Gasteiger partial charge in [-0.15, -0.1) is 0 Å². The fourth-order valence-electron chi connectivity index (χ4n) is 2.08. The predicted octanol–water partition coefficient (Wildman–Crippen LogP) is 4.62. The summed E-state index contributed by atoms with van der Waals surface area (Å²) in [6.45, 7) is 6.86. The van der Waals surface area contributed by atoms with Gasteiger partial charge in [0.25, 0.3) is 0 Å². The number of carbonyl (C=O) groups excluding carboxylic acids is 2. The molecule has 1 aromatic rings. The Hall–Kier alpha value is -2.72. The summed E-state index contributed by atoms with van der Waals surface area (Å²) in [4.78, 5) is 22.8. The highest BCUT2D eigenvalue weighted by atomic mass is 16.5. The lowest BCUT2D eigenvalue weighted by atomic mass is 10.1. The van der Waals surface area contributed by atoms with Crippen LogP contribution in [0.4, 0.5) is 0 Å². The van der Waals surface area contributed by atoms with E-state index < -0.39 is 11.9 Å². The van der Waals surface area contributed by atoms with Gasteiger partial charge >= 0.3 is 11.9 Å². The maximum atomic E-state index is 11.4. The van der Waals surface area contributed by atoms with E-state index in [4.69, 9.17) is 9.47 Å². The largest absolute Gasteiger partial charge is 0.425 e. The van der Waals surface area contributed by atoms with E-state index in [2.05, 4.69) is 37.5 Å². The van der Waals surface area contributed by atoms with Crippen molar-refractivity contribution in [2.45, 2.75) is 66.2 Å². The molecule has 0 bridgehead atoms. The number of hydrogen-bond donors (Lipinski definition) is 0. The monoisotopic (exact) mass is 354 g/mol. The first-order valence-electron chi connectivity index (χ1n) is 9.00. The van der Waals surface area contributed by atoms with Crippen molar-refractivity contribution in [3.05, 3.63) is 23.3 Å². The van der Waals surface area contributed by atoms with Crippen molar-refractivity contribution in [2.24, 2.45) is 0 Å². The van der Waals surface area contributed by atoms with E-state index in [0.29, 0.717) is 22.6 Å². The third kappa shape index (κ3) is 7.90. The van der Waals surface area contributed by atoms with Gasteiger partial charge < -0.3 is 9.47 Å². The maximum Gasteiger partial charge on any atom is 0.308 e. The van der Waals surface area contributed by atoms with Crippen LogP contribution in [0, 0.1) is 23.7 Å². The van der Waals surface area contributed by atoms with Gasteiger partial charge in [-0.05, 0) is 12.8 Å². The molecule has 138 valence electrons. The molecule has 0 saturated heterocycles. The van der Waals surface area contributed by atoms with Crippen LogP contribution in [-0.2, 0) is 9.59 Å². The summed E-state index contributed by atoms with van der Waals surface area (Å²) < 4.78 is 10.6. The summed E-state index contributed by atoms with van der Waals surface area (Å²) in [5.41, 5.74) is 1.01. The second-order valence-corrected chi connectivity index (χ2v) is 5.84. The Morgan fingerprint density at radius 2 is 1.19 bits per heavy atom. The van der Waals surface area contributed by atoms with E-state index in [1.807, 2.05) is 0 Å². The van der Waals surface area contributed by atoms with Crippen molar-refractivity contribution < 1.29 is 19.1 Å². The molecule has 0 amide bonds. The van der Waals surface area contributed by atoms with Crippen LogP contribution in [0.3, 0.4) is 0 Å². The molecular formula is C22H26O4. The molecule has 4 nitrogen and oxygen atoms in total. The summed E-state index contributed by atoms with van der Waals surface area (Å²) in [6.07, 6.45) is 5.59. The van der Waals surface area contributed by atoms with Gasteiger partial charge in [-0.25, -0.2) is 0 Å². The molecule has 1 rings (SSSR count). The average molecular weight is 354 g/mol. The molecule has 0 heterocycles. The van der Waals surface area contributed by atoms with Crippen LogP contribution in [0.25, 0.3) is 0 Å². The van der Waals surface area contributed by atoms with Crippen LogP contribution in [-0.4, -0.2) is 11.9 Å². The summed E-state index contributed by atoms with van der Waals surface area (Å²) in [6, 6.07) is 3.23. The van der Waals surface area contributed by atoms with Crippen LogP contribution >= 0.6 is 0 Å². The van der Waals surface area contributed by atoms with Crippen LogP contribution in [0.2, 0.25) is 0 Å². The SMILES string of the molecule is CCCCC#Cc1cc(OC(C)=O)c(C#CCCCC)cc1OC(C)=O. The van der Waals surface area contributed by atoms with Gasteiger partial charge in [0.05, 0.1) is 11.1 Å². The fraction of sp³-hybridized carbons (Fsp3) is 0.455. The molecule has 0 atom stereocenters. The van der Waals surface area contributed by atoms with Gasteiger partial charge in [0, 0.05) is 38.8 Å². The molecule has 0 N–H and O–H groups in total. The molecule has 26 heavy (non-hydrogen) atoms. The number of hydrogen-bond acceptors (Lipinski definition) is 4. The average Bonchev–Trinajstić information content (AvgIpc) is 2.57. The van der Waals surface area contributed by atoms with Crippen molar-refractivity contribution in [3.8, 4) is 35.2 Å². The first kappa shape index (κ1) is 21.3. The Morgan fingerprint density at radius 1 is 0.808 bits per heavy atom. The molecule has 1 aromatic carbocycles. The summed E-state index contributed by atoms with van der Waals surface area (Å²) >= 11 is 0. The second-order valence-electron chi connectivity index (χ2n) is 5.84. The molecule has 0 radical (unpaired) electrons. The minimum absolute atomic E-state index is 0.331. The molecule has 0 aliphatic rings. The molecule has 0 aromatic heterocycles. The summed E-state index contributed by atoms with van der Waals surface area (Å²) in [5, 5.41) is 0. The smallest absolute Gasteiger partial charge is 0.308 e. The van der Waals surface area contributed by atoms with E-state index in [9.17, 15) is 9.59 Å². The third-order valence-electron chi connectivity index (χ3n) is 3.35.